The maximum Gasteiger partial charge on any atom is 0.335 e. The molecular formula is C12H9N3O2S. The molecule has 2 aromatic heterocycles. The minimum Gasteiger partial charge on any atom is -0.478 e. The van der Waals surface area contributed by atoms with E-state index < -0.39 is 5.97 Å². The summed E-state index contributed by atoms with van der Waals surface area (Å²) in [5.41, 5.74) is 2.01. The number of aromatic nitrogens is 3. The van der Waals surface area contributed by atoms with Gasteiger partial charge in [0.1, 0.15) is 5.01 Å². The summed E-state index contributed by atoms with van der Waals surface area (Å²) in [4.78, 5) is 19.4. The first-order chi connectivity index (χ1) is 8.65. The fourth-order valence-corrected chi connectivity index (χ4v) is 2.79. The van der Waals surface area contributed by atoms with Crippen molar-refractivity contribution in [3.05, 3.63) is 36.3 Å². The number of carboxylic acid groups (broad SMARTS) is 1. The molecule has 0 aliphatic carbocycles. The van der Waals surface area contributed by atoms with E-state index in [1.807, 2.05) is 11.6 Å². The second-order valence-electron chi connectivity index (χ2n) is 3.90. The molecule has 1 aromatic carbocycles. The molecule has 5 nitrogen and oxygen atoms in total. The molecule has 0 saturated heterocycles. The van der Waals surface area contributed by atoms with E-state index in [9.17, 15) is 4.79 Å². The normalized spacial score (nSPS) is 10.9. The average molecular weight is 259 g/mol. The zero-order valence-electron chi connectivity index (χ0n) is 9.49. The highest BCUT2D eigenvalue weighted by Gasteiger charge is 2.11. The molecule has 0 unspecified atom stereocenters. The number of aromatic carboxylic acids is 1. The van der Waals surface area contributed by atoms with Crippen molar-refractivity contribution in [2.75, 3.05) is 0 Å². The third-order valence-corrected chi connectivity index (χ3v) is 3.71. The molecule has 0 saturated carbocycles. The molecule has 0 spiro atoms. The molecule has 0 radical (unpaired) electrons. The summed E-state index contributed by atoms with van der Waals surface area (Å²) in [5.74, 6) is -0.924. The summed E-state index contributed by atoms with van der Waals surface area (Å²) in [6, 6.07) is 4.95. The van der Waals surface area contributed by atoms with Gasteiger partial charge in [-0.1, -0.05) is 0 Å². The van der Waals surface area contributed by atoms with Crippen LogP contribution in [-0.2, 0) is 7.05 Å². The molecular weight excluding hydrogens is 250 g/mol. The lowest BCUT2D eigenvalue weighted by Gasteiger charge is -1.94. The first kappa shape index (κ1) is 10.9. The fourth-order valence-electron chi connectivity index (χ4n) is 1.73. The maximum absolute atomic E-state index is 10.9. The van der Waals surface area contributed by atoms with Crippen LogP contribution in [-0.4, -0.2) is 25.6 Å². The van der Waals surface area contributed by atoms with Crippen LogP contribution in [0.1, 0.15) is 10.4 Å². The first-order valence-corrected chi connectivity index (χ1v) is 6.07. The summed E-state index contributed by atoms with van der Waals surface area (Å²) >= 11 is 1.47. The Morgan fingerprint density at radius 2 is 2.28 bits per heavy atom. The van der Waals surface area contributed by atoms with Gasteiger partial charge in [-0.3, -0.25) is 0 Å². The fraction of sp³-hybridized carbons (Fsp3) is 0.0833. The Kier molecular flexibility index (Phi) is 2.38. The molecule has 90 valence electrons. The number of rotatable bonds is 2. The molecule has 18 heavy (non-hydrogen) atoms. The minimum atomic E-state index is -0.924. The number of benzene rings is 1. The van der Waals surface area contributed by atoms with Crippen molar-refractivity contribution in [1.82, 2.24) is 14.5 Å². The van der Waals surface area contributed by atoms with Crippen LogP contribution >= 0.6 is 11.3 Å². The predicted octanol–water partition coefficient (Wildman–Crippen LogP) is 2.39. The summed E-state index contributed by atoms with van der Waals surface area (Å²) < 4.78 is 2.75. The van der Waals surface area contributed by atoms with E-state index in [0.29, 0.717) is 0 Å². The van der Waals surface area contributed by atoms with Gasteiger partial charge >= 0.3 is 5.97 Å². The van der Waals surface area contributed by atoms with Crippen molar-refractivity contribution in [3.8, 4) is 10.7 Å². The van der Waals surface area contributed by atoms with Crippen LogP contribution in [0.2, 0.25) is 0 Å². The molecule has 2 heterocycles. The van der Waals surface area contributed by atoms with Gasteiger partial charge in [-0.2, -0.15) is 0 Å². The number of nitrogens with zero attached hydrogens (tertiary/aromatic N) is 3. The zero-order valence-corrected chi connectivity index (χ0v) is 10.3. The van der Waals surface area contributed by atoms with E-state index in [2.05, 4.69) is 9.97 Å². The number of hydrogen-bond donors (Lipinski definition) is 1. The van der Waals surface area contributed by atoms with Crippen molar-refractivity contribution in [2.24, 2.45) is 7.05 Å². The molecule has 0 fully saturated rings. The number of thiazole rings is 1. The molecule has 0 atom stereocenters. The first-order valence-electron chi connectivity index (χ1n) is 5.26. The molecule has 3 rings (SSSR count). The van der Waals surface area contributed by atoms with E-state index in [1.54, 1.807) is 30.7 Å². The predicted molar refractivity (Wildman–Crippen MR) is 68.8 cm³/mol. The second kappa shape index (κ2) is 3.92. The summed E-state index contributed by atoms with van der Waals surface area (Å²) in [6.07, 6.45) is 3.46. The zero-order chi connectivity index (χ0) is 12.7. The smallest absolute Gasteiger partial charge is 0.335 e. The van der Waals surface area contributed by atoms with Crippen molar-refractivity contribution in [3.63, 3.8) is 0 Å². The van der Waals surface area contributed by atoms with Gasteiger partial charge in [-0.25, -0.2) is 14.8 Å². The van der Waals surface area contributed by atoms with E-state index >= 15 is 0 Å². The van der Waals surface area contributed by atoms with Crippen molar-refractivity contribution < 1.29 is 9.90 Å². The highest BCUT2D eigenvalue weighted by molar-refractivity contribution is 7.21. The summed E-state index contributed by atoms with van der Waals surface area (Å²) in [7, 11) is 1.90. The Labute approximate surface area is 106 Å². The largest absolute Gasteiger partial charge is 0.478 e. The van der Waals surface area contributed by atoms with Gasteiger partial charge in [0.2, 0.25) is 0 Å². The Bertz CT molecular complexity index is 745. The highest BCUT2D eigenvalue weighted by atomic mass is 32.1. The number of fused-ring (bicyclic) bond motifs is 1. The van der Waals surface area contributed by atoms with Crippen molar-refractivity contribution >= 4 is 27.5 Å². The topological polar surface area (TPSA) is 68.0 Å². The van der Waals surface area contributed by atoms with Crippen LogP contribution in [0.15, 0.2) is 30.7 Å². The van der Waals surface area contributed by atoms with Crippen molar-refractivity contribution in [2.45, 2.75) is 0 Å². The van der Waals surface area contributed by atoms with Crippen LogP contribution < -0.4 is 0 Å². The van der Waals surface area contributed by atoms with Crippen LogP contribution in [0.25, 0.3) is 20.9 Å². The third-order valence-electron chi connectivity index (χ3n) is 2.67. The monoisotopic (exact) mass is 259 g/mol. The quantitative estimate of drug-likeness (QED) is 0.767. The van der Waals surface area contributed by atoms with Crippen LogP contribution in [0.3, 0.4) is 0 Å². The van der Waals surface area contributed by atoms with Crippen LogP contribution in [0.5, 0.6) is 0 Å². The van der Waals surface area contributed by atoms with E-state index in [-0.39, 0.29) is 5.56 Å². The summed E-state index contributed by atoms with van der Waals surface area (Å²) in [6.45, 7) is 0. The number of imidazole rings is 1. The third kappa shape index (κ3) is 1.67. The molecule has 6 heteroatoms. The number of carboxylic acids is 1. The number of hydrogen-bond acceptors (Lipinski definition) is 4. The van der Waals surface area contributed by atoms with Gasteiger partial charge < -0.3 is 9.67 Å². The Morgan fingerprint density at radius 3 is 2.94 bits per heavy atom. The molecule has 1 N–H and O–H groups in total. The molecule has 0 aliphatic heterocycles. The van der Waals surface area contributed by atoms with Crippen molar-refractivity contribution in [1.29, 1.82) is 0 Å². The van der Waals surface area contributed by atoms with E-state index in [1.165, 1.54) is 11.3 Å². The lowest BCUT2D eigenvalue weighted by molar-refractivity contribution is 0.0697. The van der Waals surface area contributed by atoms with Gasteiger partial charge in [-0.15, -0.1) is 11.3 Å². The molecule has 0 amide bonds. The Morgan fingerprint density at radius 1 is 1.44 bits per heavy atom. The Hall–Kier alpha value is -2.21. The average Bonchev–Trinajstić information content (AvgIpc) is 2.92. The van der Waals surface area contributed by atoms with E-state index in [4.69, 9.17) is 5.11 Å². The number of carbonyl (C=O) groups is 1. The van der Waals surface area contributed by atoms with Gasteiger partial charge in [0.15, 0.2) is 0 Å². The second-order valence-corrected chi connectivity index (χ2v) is 4.93. The van der Waals surface area contributed by atoms with Gasteiger partial charge in [0.25, 0.3) is 0 Å². The SMILES string of the molecule is Cn1cncc1-c1nc2ccc(C(=O)O)cc2s1. The standard InChI is InChI=1S/C12H9N3O2S/c1-15-6-13-5-9(15)11-14-8-3-2-7(12(16)17)4-10(8)18-11/h2-6H,1H3,(H,16,17). The van der Waals surface area contributed by atoms with Gasteiger partial charge in [-0.05, 0) is 18.2 Å². The van der Waals surface area contributed by atoms with E-state index in [0.717, 1.165) is 20.9 Å². The number of aryl methyl sites for hydroxylation is 1. The van der Waals surface area contributed by atoms with Gasteiger partial charge in [0.05, 0.1) is 34.0 Å². The minimum absolute atomic E-state index is 0.280. The Balaban J connectivity index is 2.17. The molecule has 3 aromatic rings. The van der Waals surface area contributed by atoms with Crippen LogP contribution in [0.4, 0.5) is 0 Å². The molecule has 0 aliphatic rings. The molecule has 0 bridgehead atoms. The lowest BCUT2D eigenvalue weighted by Crippen LogP contribution is -1.94. The lowest BCUT2D eigenvalue weighted by atomic mass is 10.2. The highest BCUT2D eigenvalue weighted by Crippen LogP contribution is 2.30. The van der Waals surface area contributed by atoms with Crippen LogP contribution in [0, 0.1) is 0 Å². The van der Waals surface area contributed by atoms with Gasteiger partial charge in [0, 0.05) is 7.05 Å². The summed E-state index contributed by atoms with van der Waals surface area (Å²) in [5, 5.41) is 9.79. The maximum atomic E-state index is 10.9.